The van der Waals surface area contributed by atoms with Gasteiger partial charge in [0.25, 0.3) is 0 Å². The molecule has 1 fully saturated rings. The molecule has 2 rings (SSSR count). The molecule has 2 N–H and O–H groups in total. The van der Waals surface area contributed by atoms with Crippen molar-refractivity contribution in [3.8, 4) is 0 Å². The van der Waals surface area contributed by atoms with E-state index in [2.05, 4.69) is 4.90 Å². The zero-order chi connectivity index (χ0) is 13.7. The molecular weight excluding hydrogens is 350 g/mol. The second-order valence-corrected chi connectivity index (χ2v) is 6.24. The largest absolute Gasteiger partial charge is 0.326 e. The SMILES string of the molecule is Cl.Cl.NC(Cc1ccc(Cl)c(Cl)c1)CN1CCCCCC1. The smallest absolute Gasteiger partial charge is 0.0595 e. The summed E-state index contributed by atoms with van der Waals surface area (Å²) in [6.45, 7) is 3.35. The highest BCUT2D eigenvalue weighted by molar-refractivity contribution is 6.42. The highest BCUT2D eigenvalue weighted by atomic mass is 35.5. The average molecular weight is 374 g/mol. The van der Waals surface area contributed by atoms with Gasteiger partial charge in [0.1, 0.15) is 0 Å². The average Bonchev–Trinajstić information content (AvgIpc) is 2.62. The molecule has 0 saturated carbocycles. The third-order valence-corrected chi connectivity index (χ3v) is 4.41. The topological polar surface area (TPSA) is 29.3 Å². The van der Waals surface area contributed by atoms with Crippen LogP contribution in [0.3, 0.4) is 0 Å². The van der Waals surface area contributed by atoms with Crippen LogP contribution in [0, 0.1) is 0 Å². The number of nitrogens with zero attached hydrogens (tertiary/aromatic N) is 1. The van der Waals surface area contributed by atoms with E-state index in [1.54, 1.807) is 0 Å². The summed E-state index contributed by atoms with van der Waals surface area (Å²) in [6, 6.07) is 5.94. The first-order valence-corrected chi connectivity index (χ1v) is 7.82. The van der Waals surface area contributed by atoms with Crippen molar-refractivity contribution in [2.24, 2.45) is 5.73 Å². The fraction of sp³-hybridized carbons (Fsp3) is 0.600. The van der Waals surface area contributed by atoms with Gasteiger partial charge in [0.15, 0.2) is 0 Å². The van der Waals surface area contributed by atoms with Gasteiger partial charge in [0, 0.05) is 12.6 Å². The number of hydrogen-bond donors (Lipinski definition) is 1. The minimum atomic E-state index is 0. The Hall–Kier alpha value is 0.300. The van der Waals surface area contributed by atoms with Crippen LogP contribution in [0.25, 0.3) is 0 Å². The quantitative estimate of drug-likeness (QED) is 0.836. The zero-order valence-corrected chi connectivity index (χ0v) is 15.2. The van der Waals surface area contributed by atoms with Crippen LogP contribution < -0.4 is 5.73 Å². The van der Waals surface area contributed by atoms with Crippen LogP contribution in [-0.4, -0.2) is 30.6 Å². The molecule has 1 heterocycles. The molecule has 0 amide bonds. The van der Waals surface area contributed by atoms with Gasteiger partial charge in [0.05, 0.1) is 10.0 Å². The molecule has 1 aliphatic heterocycles. The lowest BCUT2D eigenvalue weighted by Gasteiger charge is -2.24. The van der Waals surface area contributed by atoms with Gasteiger partial charge in [-0.3, -0.25) is 0 Å². The first-order valence-electron chi connectivity index (χ1n) is 7.07. The van der Waals surface area contributed by atoms with E-state index in [0.717, 1.165) is 18.5 Å². The third kappa shape index (κ3) is 7.40. The molecule has 1 atom stereocenters. The lowest BCUT2D eigenvalue weighted by molar-refractivity contribution is 0.266. The monoisotopic (exact) mass is 372 g/mol. The molecule has 1 unspecified atom stereocenters. The van der Waals surface area contributed by atoms with Gasteiger partial charge in [0.2, 0.25) is 0 Å². The standard InChI is InChI=1S/C15H22Cl2N2.2ClH/c16-14-6-5-12(10-15(14)17)9-13(18)11-19-7-3-1-2-4-8-19;;/h5-6,10,13H,1-4,7-9,11,18H2;2*1H. The summed E-state index contributed by atoms with van der Waals surface area (Å²) in [4.78, 5) is 2.50. The molecule has 1 saturated heterocycles. The summed E-state index contributed by atoms with van der Waals surface area (Å²) in [5.41, 5.74) is 7.42. The molecule has 0 aliphatic carbocycles. The van der Waals surface area contributed by atoms with Gasteiger partial charge in [-0.05, 0) is 50.0 Å². The molecule has 0 spiro atoms. The highest BCUT2D eigenvalue weighted by Crippen LogP contribution is 2.23. The van der Waals surface area contributed by atoms with Crippen molar-refractivity contribution in [2.45, 2.75) is 38.1 Å². The third-order valence-electron chi connectivity index (χ3n) is 3.67. The normalized spacial score (nSPS) is 17.3. The van der Waals surface area contributed by atoms with Crippen LogP contribution in [0.5, 0.6) is 0 Å². The Morgan fingerprint density at radius 2 is 1.62 bits per heavy atom. The van der Waals surface area contributed by atoms with E-state index in [1.807, 2.05) is 18.2 Å². The van der Waals surface area contributed by atoms with Gasteiger partial charge in [-0.25, -0.2) is 0 Å². The highest BCUT2D eigenvalue weighted by Gasteiger charge is 2.13. The summed E-state index contributed by atoms with van der Waals surface area (Å²) < 4.78 is 0. The van der Waals surface area contributed by atoms with E-state index < -0.39 is 0 Å². The van der Waals surface area contributed by atoms with E-state index in [9.17, 15) is 0 Å². The summed E-state index contributed by atoms with van der Waals surface area (Å²) in [5.74, 6) is 0. The van der Waals surface area contributed by atoms with Gasteiger partial charge in [-0.1, -0.05) is 42.1 Å². The molecular formula is C15H24Cl4N2. The molecule has 0 aromatic heterocycles. The first kappa shape index (κ1) is 21.3. The molecule has 1 aliphatic rings. The summed E-state index contributed by atoms with van der Waals surface area (Å²) >= 11 is 11.9. The van der Waals surface area contributed by atoms with Crippen LogP contribution in [0.15, 0.2) is 18.2 Å². The van der Waals surface area contributed by atoms with Crippen molar-refractivity contribution in [1.82, 2.24) is 4.90 Å². The number of likely N-dealkylation sites (tertiary alicyclic amines) is 1. The van der Waals surface area contributed by atoms with Gasteiger partial charge < -0.3 is 10.6 Å². The molecule has 1 aromatic carbocycles. The Bertz CT molecular complexity index is 407. The second kappa shape index (κ2) is 10.9. The second-order valence-electron chi connectivity index (χ2n) is 5.43. The van der Waals surface area contributed by atoms with Crippen molar-refractivity contribution in [3.05, 3.63) is 33.8 Å². The van der Waals surface area contributed by atoms with Crippen molar-refractivity contribution in [1.29, 1.82) is 0 Å². The maximum absolute atomic E-state index is 6.26. The van der Waals surface area contributed by atoms with E-state index in [0.29, 0.717) is 10.0 Å². The number of rotatable bonds is 4. The van der Waals surface area contributed by atoms with Crippen molar-refractivity contribution >= 4 is 48.0 Å². The molecule has 21 heavy (non-hydrogen) atoms. The first-order chi connectivity index (χ1) is 9.15. The Kier molecular flexibility index (Phi) is 11.1. The van der Waals surface area contributed by atoms with E-state index in [1.165, 1.54) is 38.8 Å². The predicted octanol–water partition coefficient (Wildman–Crippen LogP) is 4.58. The van der Waals surface area contributed by atoms with Crippen LogP contribution >= 0.6 is 48.0 Å². The number of hydrogen-bond acceptors (Lipinski definition) is 2. The number of benzene rings is 1. The Balaban J connectivity index is 0.00000200. The lowest BCUT2D eigenvalue weighted by atomic mass is 10.1. The van der Waals surface area contributed by atoms with Gasteiger partial charge in [-0.15, -0.1) is 24.8 Å². The molecule has 1 aromatic rings. The minimum absolute atomic E-state index is 0. The molecule has 2 nitrogen and oxygen atoms in total. The van der Waals surface area contributed by atoms with Crippen LogP contribution in [0.2, 0.25) is 10.0 Å². The minimum Gasteiger partial charge on any atom is -0.326 e. The zero-order valence-electron chi connectivity index (χ0n) is 12.1. The predicted molar refractivity (Wildman–Crippen MR) is 97.5 cm³/mol. The Morgan fingerprint density at radius 1 is 1.00 bits per heavy atom. The van der Waals surface area contributed by atoms with Gasteiger partial charge >= 0.3 is 0 Å². The maximum atomic E-state index is 6.26. The van der Waals surface area contributed by atoms with Crippen LogP contribution in [-0.2, 0) is 6.42 Å². The molecule has 122 valence electrons. The summed E-state index contributed by atoms with van der Waals surface area (Å²) in [6.07, 6.45) is 6.18. The van der Waals surface area contributed by atoms with E-state index in [-0.39, 0.29) is 30.9 Å². The van der Waals surface area contributed by atoms with Crippen LogP contribution in [0.4, 0.5) is 0 Å². The maximum Gasteiger partial charge on any atom is 0.0595 e. The lowest BCUT2D eigenvalue weighted by Crippen LogP contribution is -2.39. The Morgan fingerprint density at radius 3 is 2.19 bits per heavy atom. The summed E-state index contributed by atoms with van der Waals surface area (Å²) in [7, 11) is 0. The van der Waals surface area contributed by atoms with Crippen LogP contribution in [0.1, 0.15) is 31.2 Å². The summed E-state index contributed by atoms with van der Waals surface area (Å²) in [5, 5.41) is 1.22. The number of halogens is 4. The van der Waals surface area contributed by atoms with E-state index in [4.69, 9.17) is 28.9 Å². The van der Waals surface area contributed by atoms with Crippen molar-refractivity contribution in [2.75, 3.05) is 19.6 Å². The Labute approximate surface area is 150 Å². The van der Waals surface area contributed by atoms with Crippen molar-refractivity contribution < 1.29 is 0 Å². The molecule has 0 radical (unpaired) electrons. The van der Waals surface area contributed by atoms with Gasteiger partial charge in [-0.2, -0.15) is 0 Å². The molecule has 0 bridgehead atoms. The van der Waals surface area contributed by atoms with E-state index >= 15 is 0 Å². The fourth-order valence-corrected chi connectivity index (χ4v) is 3.00. The molecule has 6 heteroatoms. The number of nitrogens with two attached hydrogens (primary N) is 1. The van der Waals surface area contributed by atoms with Crippen molar-refractivity contribution in [3.63, 3.8) is 0 Å². The fourth-order valence-electron chi connectivity index (χ4n) is 2.68.